The maximum absolute atomic E-state index is 11.7. The summed E-state index contributed by atoms with van der Waals surface area (Å²) in [7, 11) is 0. The van der Waals surface area contributed by atoms with Crippen LogP contribution in [0.5, 0.6) is 0 Å². The van der Waals surface area contributed by atoms with E-state index in [9.17, 15) is 4.79 Å². The SMILES string of the molecule is CC(N)c1ccc(Sc2n[nH]c(=O)n2C(C)C)c(Cl)c1. The molecule has 3 N–H and O–H groups in total. The van der Waals surface area contributed by atoms with Crippen molar-refractivity contribution >= 4 is 23.4 Å². The first-order valence-corrected chi connectivity index (χ1v) is 7.49. The molecule has 20 heavy (non-hydrogen) atoms. The van der Waals surface area contributed by atoms with Gasteiger partial charge in [0.25, 0.3) is 0 Å². The minimum absolute atomic E-state index is 0.0332. The Hall–Kier alpha value is -1.24. The molecular weight excluding hydrogens is 296 g/mol. The van der Waals surface area contributed by atoms with Gasteiger partial charge in [0.1, 0.15) is 0 Å². The second-order valence-corrected chi connectivity index (χ2v) is 6.27. The zero-order valence-electron chi connectivity index (χ0n) is 11.6. The van der Waals surface area contributed by atoms with Gasteiger partial charge in [-0.1, -0.05) is 17.7 Å². The molecule has 1 aromatic carbocycles. The number of benzene rings is 1. The molecule has 0 fully saturated rings. The number of hydrogen-bond acceptors (Lipinski definition) is 4. The van der Waals surface area contributed by atoms with E-state index < -0.39 is 0 Å². The molecule has 0 saturated carbocycles. The van der Waals surface area contributed by atoms with Crippen LogP contribution in [-0.4, -0.2) is 14.8 Å². The third kappa shape index (κ3) is 3.08. The molecule has 2 aromatic rings. The lowest BCUT2D eigenvalue weighted by Gasteiger charge is -2.11. The van der Waals surface area contributed by atoms with Gasteiger partial charge in [-0.15, -0.1) is 5.10 Å². The van der Waals surface area contributed by atoms with Gasteiger partial charge in [-0.3, -0.25) is 4.57 Å². The minimum Gasteiger partial charge on any atom is -0.324 e. The van der Waals surface area contributed by atoms with Crippen LogP contribution in [0.4, 0.5) is 0 Å². The minimum atomic E-state index is -0.217. The van der Waals surface area contributed by atoms with Crippen LogP contribution in [0.3, 0.4) is 0 Å². The standard InChI is InChI=1S/C13H17ClN4OS/c1-7(2)18-12(19)16-17-13(18)20-11-5-4-9(8(3)15)6-10(11)14/h4-8H,15H2,1-3H3,(H,16,19). The molecule has 0 aliphatic carbocycles. The third-order valence-corrected chi connectivity index (χ3v) is 4.34. The summed E-state index contributed by atoms with van der Waals surface area (Å²) in [4.78, 5) is 12.5. The zero-order chi connectivity index (χ0) is 14.9. The van der Waals surface area contributed by atoms with Crippen LogP contribution in [0, 0.1) is 0 Å². The van der Waals surface area contributed by atoms with Gasteiger partial charge in [-0.2, -0.15) is 0 Å². The summed E-state index contributed by atoms with van der Waals surface area (Å²) in [6.07, 6.45) is 0. The third-order valence-electron chi connectivity index (χ3n) is 2.87. The predicted molar refractivity (Wildman–Crippen MR) is 81.4 cm³/mol. The molecule has 2 rings (SSSR count). The van der Waals surface area contributed by atoms with Crippen LogP contribution in [0.15, 0.2) is 33.0 Å². The highest BCUT2D eigenvalue weighted by Gasteiger charge is 2.14. The number of halogens is 1. The maximum Gasteiger partial charge on any atom is 0.344 e. The molecule has 1 aromatic heterocycles. The molecular formula is C13H17ClN4OS. The second-order valence-electron chi connectivity index (χ2n) is 4.86. The number of hydrogen-bond donors (Lipinski definition) is 2. The molecule has 7 heteroatoms. The van der Waals surface area contributed by atoms with Gasteiger partial charge in [0, 0.05) is 17.0 Å². The molecule has 0 aliphatic heterocycles. The monoisotopic (exact) mass is 312 g/mol. The van der Waals surface area contributed by atoms with Crippen molar-refractivity contribution < 1.29 is 0 Å². The van der Waals surface area contributed by atoms with Crippen molar-refractivity contribution in [1.29, 1.82) is 0 Å². The zero-order valence-corrected chi connectivity index (χ0v) is 13.1. The Balaban J connectivity index is 2.34. The molecule has 0 saturated heterocycles. The highest BCUT2D eigenvalue weighted by Crippen LogP contribution is 2.33. The predicted octanol–water partition coefficient (Wildman–Crippen LogP) is 2.98. The number of nitrogens with two attached hydrogens (primary N) is 1. The van der Waals surface area contributed by atoms with E-state index in [4.69, 9.17) is 17.3 Å². The van der Waals surface area contributed by atoms with E-state index in [2.05, 4.69) is 10.2 Å². The van der Waals surface area contributed by atoms with Gasteiger partial charge < -0.3 is 5.73 Å². The highest BCUT2D eigenvalue weighted by molar-refractivity contribution is 7.99. The van der Waals surface area contributed by atoms with Crippen LogP contribution >= 0.6 is 23.4 Å². The van der Waals surface area contributed by atoms with Crippen LogP contribution < -0.4 is 11.4 Å². The van der Waals surface area contributed by atoms with Crippen LogP contribution in [0.2, 0.25) is 5.02 Å². The van der Waals surface area contributed by atoms with Gasteiger partial charge in [-0.25, -0.2) is 9.89 Å². The number of aromatic nitrogens is 3. The molecule has 0 bridgehead atoms. The Morgan fingerprint density at radius 2 is 2.10 bits per heavy atom. The summed E-state index contributed by atoms with van der Waals surface area (Å²) in [5.74, 6) is 0. The first kappa shape index (κ1) is 15.2. The van der Waals surface area contributed by atoms with E-state index in [0.717, 1.165) is 10.5 Å². The van der Waals surface area contributed by atoms with Crippen LogP contribution in [0.1, 0.15) is 38.4 Å². The van der Waals surface area contributed by atoms with Crippen LogP contribution in [-0.2, 0) is 0 Å². The number of H-pyrrole nitrogens is 1. The molecule has 0 amide bonds. The van der Waals surface area contributed by atoms with Crippen molar-refractivity contribution in [3.63, 3.8) is 0 Å². The number of aromatic amines is 1. The van der Waals surface area contributed by atoms with Gasteiger partial charge in [0.05, 0.1) is 5.02 Å². The van der Waals surface area contributed by atoms with Gasteiger partial charge in [0.2, 0.25) is 0 Å². The fraction of sp³-hybridized carbons (Fsp3) is 0.385. The Morgan fingerprint density at radius 1 is 1.40 bits per heavy atom. The van der Waals surface area contributed by atoms with Crippen molar-refractivity contribution in [2.75, 3.05) is 0 Å². The Kier molecular flexibility index (Phi) is 4.57. The summed E-state index contributed by atoms with van der Waals surface area (Å²) in [5.41, 5.74) is 6.58. The summed E-state index contributed by atoms with van der Waals surface area (Å²) in [6, 6.07) is 5.65. The lowest BCUT2D eigenvalue weighted by atomic mass is 10.1. The Morgan fingerprint density at radius 3 is 2.65 bits per heavy atom. The Bertz CT molecular complexity index is 663. The lowest BCUT2D eigenvalue weighted by molar-refractivity contribution is 0.534. The molecule has 5 nitrogen and oxygen atoms in total. The van der Waals surface area contributed by atoms with Crippen molar-refractivity contribution in [2.45, 2.75) is 42.9 Å². The van der Waals surface area contributed by atoms with E-state index >= 15 is 0 Å². The maximum atomic E-state index is 11.7. The average molecular weight is 313 g/mol. The smallest absolute Gasteiger partial charge is 0.324 e. The number of nitrogens with one attached hydrogen (secondary N) is 1. The van der Waals surface area contributed by atoms with E-state index in [0.29, 0.717) is 10.2 Å². The highest BCUT2D eigenvalue weighted by atomic mass is 35.5. The quantitative estimate of drug-likeness (QED) is 0.910. The normalized spacial score (nSPS) is 12.9. The second kappa shape index (κ2) is 6.03. The van der Waals surface area contributed by atoms with Gasteiger partial charge in [0.15, 0.2) is 5.16 Å². The summed E-state index contributed by atoms with van der Waals surface area (Å²) in [5, 5.41) is 7.70. The van der Waals surface area contributed by atoms with Gasteiger partial charge in [-0.05, 0) is 50.2 Å². The first-order chi connectivity index (χ1) is 9.40. The molecule has 0 radical (unpaired) electrons. The van der Waals surface area contributed by atoms with Crippen LogP contribution in [0.25, 0.3) is 0 Å². The largest absolute Gasteiger partial charge is 0.344 e. The molecule has 0 aliphatic rings. The summed E-state index contributed by atoms with van der Waals surface area (Å²) < 4.78 is 1.60. The number of nitrogens with zero attached hydrogens (tertiary/aromatic N) is 2. The molecule has 1 heterocycles. The van der Waals surface area contributed by atoms with Crippen molar-refractivity contribution in [2.24, 2.45) is 5.73 Å². The topological polar surface area (TPSA) is 76.7 Å². The lowest BCUT2D eigenvalue weighted by Crippen LogP contribution is -2.19. The Labute approximate surface area is 126 Å². The van der Waals surface area contributed by atoms with Crippen molar-refractivity contribution in [3.8, 4) is 0 Å². The molecule has 0 spiro atoms. The van der Waals surface area contributed by atoms with Gasteiger partial charge >= 0.3 is 5.69 Å². The molecule has 1 unspecified atom stereocenters. The number of rotatable bonds is 4. The van der Waals surface area contributed by atoms with Crippen molar-refractivity contribution in [3.05, 3.63) is 39.3 Å². The molecule has 108 valence electrons. The average Bonchev–Trinajstić information content (AvgIpc) is 2.72. The fourth-order valence-electron chi connectivity index (χ4n) is 1.80. The van der Waals surface area contributed by atoms with E-state index in [1.807, 2.05) is 39.0 Å². The van der Waals surface area contributed by atoms with Crippen molar-refractivity contribution in [1.82, 2.24) is 14.8 Å². The fourth-order valence-corrected chi connectivity index (χ4v) is 3.08. The summed E-state index contributed by atoms with van der Waals surface area (Å²) in [6.45, 7) is 5.77. The van der Waals surface area contributed by atoms with E-state index in [1.54, 1.807) is 4.57 Å². The van der Waals surface area contributed by atoms with E-state index in [1.165, 1.54) is 11.8 Å². The van der Waals surface area contributed by atoms with E-state index in [-0.39, 0.29) is 17.8 Å². The summed E-state index contributed by atoms with van der Waals surface area (Å²) >= 11 is 7.62. The molecule has 1 atom stereocenters. The first-order valence-electron chi connectivity index (χ1n) is 6.30.